The van der Waals surface area contributed by atoms with Crippen LogP contribution in [-0.4, -0.2) is 60.6 Å². The van der Waals surface area contributed by atoms with Gasteiger partial charge in [0.2, 0.25) is 5.91 Å². The summed E-state index contributed by atoms with van der Waals surface area (Å²) in [6, 6.07) is 0. The lowest BCUT2D eigenvalue weighted by Crippen LogP contribution is -2.68. The zero-order valence-electron chi connectivity index (χ0n) is 25.7. The monoisotopic (exact) mass is 681 g/mol. The minimum atomic E-state index is -7.51. The summed E-state index contributed by atoms with van der Waals surface area (Å²) >= 11 is 0. The molecule has 2 aliphatic carbocycles. The van der Waals surface area contributed by atoms with Crippen LogP contribution in [0.4, 0.5) is 52.7 Å². The number of nitrogens with one attached hydrogen (secondary N) is 1. The molecule has 0 radical (unpaired) electrons. The standard InChI is InChI=1S/C15H26O2.C14H17F12NO/c1-3-11(2)15(16)17-14-9-8-12-6-4-5-7-13(12)10-14;1-3-7(2)8(28)27-6-4-5-10(17,18)12(21,22)14(25,26)13(23,24)11(19,20)9(15)16/h11-14H,3-10H2,1-2H3;7,9H,3-6H2,1-2H3,(H,27,28). The number of halogens is 12. The highest BCUT2D eigenvalue weighted by Crippen LogP contribution is 2.58. The molecular formula is C29H43F12NO3. The molecule has 2 saturated carbocycles. The first-order chi connectivity index (χ1) is 20.5. The van der Waals surface area contributed by atoms with Crippen molar-refractivity contribution in [3.8, 4) is 0 Å². The molecule has 16 heteroatoms. The maximum atomic E-state index is 13.5. The third-order valence-electron chi connectivity index (χ3n) is 8.76. The van der Waals surface area contributed by atoms with Gasteiger partial charge in [0.25, 0.3) is 0 Å². The molecule has 2 aliphatic rings. The number of fused-ring (bicyclic) bond motifs is 1. The van der Waals surface area contributed by atoms with E-state index in [-0.39, 0.29) is 18.0 Å². The molecule has 4 nitrogen and oxygen atoms in total. The van der Waals surface area contributed by atoms with Gasteiger partial charge in [0.15, 0.2) is 0 Å². The van der Waals surface area contributed by atoms with Crippen molar-refractivity contribution in [1.29, 1.82) is 0 Å². The Balaban J connectivity index is 0.000000502. The number of alkyl halides is 12. The van der Waals surface area contributed by atoms with Gasteiger partial charge in [0.1, 0.15) is 6.10 Å². The Morgan fingerprint density at radius 1 is 0.756 bits per heavy atom. The van der Waals surface area contributed by atoms with Gasteiger partial charge < -0.3 is 10.1 Å². The van der Waals surface area contributed by atoms with E-state index >= 15 is 0 Å². The third-order valence-corrected chi connectivity index (χ3v) is 8.76. The van der Waals surface area contributed by atoms with E-state index in [0.717, 1.165) is 31.1 Å². The average molecular weight is 682 g/mol. The maximum Gasteiger partial charge on any atom is 0.384 e. The molecule has 0 heterocycles. The van der Waals surface area contributed by atoms with E-state index in [1.165, 1.54) is 39.0 Å². The zero-order valence-corrected chi connectivity index (χ0v) is 25.7. The first-order valence-electron chi connectivity index (χ1n) is 15.2. The van der Waals surface area contributed by atoms with Crippen molar-refractivity contribution in [2.75, 3.05) is 6.54 Å². The molecule has 5 unspecified atom stereocenters. The van der Waals surface area contributed by atoms with Crippen LogP contribution in [0.1, 0.15) is 98.3 Å². The Morgan fingerprint density at radius 2 is 1.29 bits per heavy atom. The molecule has 1 N–H and O–H groups in total. The fraction of sp³-hybridized carbons (Fsp3) is 0.931. The molecule has 0 aromatic rings. The van der Waals surface area contributed by atoms with Crippen molar-refractivity contribution in [2.24, 2.45) is 23.7 Å². The lowest BCUT2D eigenvalue weighted by Gasteiger charge is -2.39. The molecular weight excluding hydrogens is 638 g/mol. The molecule has 0 saturated heterocycles. The lowest BCUT2D eigenvalue weighted by atomic mass is 9.70. The molecule has 2 rings (SSSR count). The number of ether oxygens (including phenoxy) is 1. The summed E-state index contributed by atoms with van der Waals surface area (Å²) in [6.45, 7) is 6.28. The molecule has 45 heavy (non-hydrogen) atoms. The Hall–Kier alpha value is -1.90. The van der Waals surface area contributed by atoms with Crippen molar-refractivity contribution >= 4 is 11.9 Å². The number of esters is 1. The zero-order chi connectivity index (χ0) is 35.0. The predicted octanol–water partition coefficient (Wildman–Crippen LogP) is 9.31. The van der Waals surface area contributed by atoms with Gasteiger partial charge in [-0.1, -0.05) is 53.4 Å². The van der Waals surface area contributed by atoms with Crippen LogP contribution in [0.3, 0.4) is 0 Å². The number of amides is 1. The number of hydrogen-bond acceptors (Lipinski definition) is 3. The van der Waals surface area contributed by atoms with E-state index in [2.05, 4.69) is 0 Å². The number of hydrogen-bond donors (Lipinski definition) is 1. The van der Waals surface area contributed by atoms with E-state index in [1.54, 1.807) is 6.92 Å². The first-order valence-corrected chi connectivity index (χ1v) is 15.2. The molecule has 0 aromatic carbocycles. The lowest BCUT2D eigenvalue weighted by molar-refractivity contribution is -0.413. The second-order valence-electron chi connectivity index (χ2n) is 12.0. The molecule has 0 aromatic heterocycles. The third kappa shape index (κ3) is 9.57. The fourth-order valence-electron chi connectivity index (χ4n) is 5.20. The topological polar surface area (TPSA) is 55.4 Å². The minimum absolute atomic E-state index is 0.0201. The summed E-state index contributed by atoms with van der Waals surface area (Å²) < 4.78 is 161. The molecule has 1 amide bonds. The van der Waals surface area contributed by atoms with Gasteiger partial charge in [0, 0.05) is 18.9 Å². The molecule has 0 bridgehead atoms. The van der Waals surface area contributed by atoms with E-state index in [9.17, 15) is 62.3 Å². The Morgan fingerprint density at radius 3 is 1.80 bits per heavy atom. The smallest absolute Gasteiger partial charge is 0.384 e. The van der Waals surface area contributed by atoms with Gasteiger partial charge in [-0.15, -0.1) is 0 Å². The van der Waals surface area contributed by atoms with Crippen molar-refractivity contribution in [3.05, 3.63) is 0 Å². The van der Waals surface area contributed by atoms with Crippen LogP contribution in [0, 0.1) is 23.7 Å². The summed E-state index contributed by atoms with van der Waals surface area (Å²) in [5.41, 5.74) is 0. The summed E-state index contributed by atoms with van der Waals surface area (Å²) in [6.07, 6.45) is 1.66. The van der Waals surface area contributed by atoms with Crippen LogP contribution in [0.5, 0.6) is 0 Å². The number of carbonyl (C=O) groups is 2. The Labute approximate surface area is 255 Å². The quantitative estimate of drug-likeness (QED) is 0.113. The molecule has 266 valence electrons. The van der Waals surface area contributed by atoms with Crippen molar-refractivity contribution in [3.63, 3.8) is 0 Å². The van der Waals surface area contributed by atoms with E-state index < -0.39 is 67.2 Å². The van der Waals surface area contributed by atoms with Gasteiger partial charge in [-0.05, 0) is 50.4 Å². The number of carbonyl (C=O) groups excluding carboxylic acids is 2. The van der Waals surface area contributed by atoms with Crippen LogP contribution in [0.15, 0.2) is 0 Å². The maximum absolute atomic E-state index is 13.5. The van der Waals surface area contributed by atoms with Crippen LogP contribution in [0.2, 0.25) is 0 Å². The highest BCUT2D eigenvalue weighted by Gasteiger charge is 2.87. The van der Waals surface area contributed by atoms with Gasteiger partial charge >= 0.3 is 42.0 Å². The highest BCUT2D eigenvalue weighted by molar-refractivity contribution is 5.78. The second-order valence-corrected chi connectivity index (χ2v) is 12.0. The Bertz CT molecular complexity index is 947. The number of rotatable bonds is 14. The van der Waals surface area contributed by atoms with Gasteiger partial charge in [-0.2, -0.15) is 43.9 Å². The molecule has 0 aliphatic heterocycles. The van der Waals surface area contributed by atoms with Crippen molar-refractivity contribution in [2.45, 2.75) is 140 Å². The van der Waals surface area contributed by atoms with Crippen LogP contribution >= 0.6 is 0 Å². The van der Waals surface area contributed by atoms with Crippen molar-refractivity contribution in [1.82, 2.24) is 5.32 Å². The SMILES string of the molecule is CCC(C)C(=O)NCCCC(F)(F)C(F)(F)C(F)(F)C(F)(F)C(F)(F)C(F)F.CCC(C)C(=O)OC1CCC2CCCCC2C1. The molecule has 2 fully saturated rings. The second kappa shape index (κ2) is 16.3. The summed E-state index contributed by atoms with van der Waals surface area (Å²) in [4.78, 5) is 23.1. The highest BCUT2D eigenvalue weighted by atomic mass is 19.4. The van der Waals surface area contributed by atoms with E-state index in [4.69, 9.17) is 4.74 Å². The summed E-state index contributed by atoms with van der Waals surface area (Å²) in [5, 5.41) is 1.99. The van der Waals surface area contributed by atoms with E-state index in [0.29, 0.717) is 6.42 Å². The van der Waals surface area contributed by atoms with Crippen molar-refractivity contribution < 1.29 is 67.0 Å². The normalized spacial score (nSPS) is 22.9. The molecule has 5 atom stereocenters. The fourth-order valence-corrected chi connectivity index (χ4v) is 5.20. The molecule has 0 spiro atoms. The Kier molecular flexibility index (Phi) is 14.9. The average Bonchev–Trinajstić information content (AvgIpc) is 2.97. The predicted molar refractivity (Wildman–Crippen MR) is 141 cm³/mol. The summed E-state index contributed by atoms with van der Waals surface area (Å²) in [7, 11) is 0. The van der Waals surface area contributed by atoms with Crippen LogP contribution < -0.4 is 5.32 Å². The summed E-state index contributed by atoms with van der Waals surface area (Å²) in [5.74, 6) is -34.5. The largest absolute Gasteiger partial charge is 0.462 e. The minimum Gasteiger partial charge on any atom is -0.462 e. The van der Waals surface area contributed by atoms with E-state index in [1.807, 2.05) is 19.2 Å². The van der Waals surface area contributed by atoms with Gasteiger partial charge in [-0.25, -0.2) is 8.78 Å². The van der Waals surface area contributed by atoms with Crippen LogP contribution in [0.25, 0.3) is 0 Å². The first kappa shape index (κ1) is 41.1. The van der Waals surface area contributed by atoms with Gasteiger partial charge in [-0.3, -0.25) is 9.59 Å². The van der Waals surface area contributed by atoms with Gasteiger partial charge in [0.05, 0.1) is 5.92 Å². The van der Waals surface area contributed by atoms with Crippen LogP contribution in [-0.2, 0) is 14.3 Å².